The maximum Gasteiger partial charge on any atom is 0.235 e. The average molecular weight is 375 g/mol. The van der Waals surface area contributed by atoms with Gasteiger partial charge in [-0.25, -0.2) is 0 Å². The largest absolute Gasteiger partial charge is 0.342 e. The van der Waals surface area contributed by atoms with Crippen molar-refractivity contribution in [3.05, 3.63) is 29.3 Å². The van der Waals surface area contributed by atoms with Crippen molar-refractivity contribution in [1.82, 2.24) is 10.2 Å². The number of likely N-dealkylation sites (tertiary alicyclic amines) is 1. The molecule has 3 rings (SSSR count). The Bertz CT molecular complexity index is 522. The lowest BCUT2D eigenvalue weighted by Crippen LogP contribution is -2.46. The number of nitrogens with zero attached hydrogens (tertiary/aromatic N) is 1. The van der Waals surface area contributed by atoms with E-state index in [0.717, 1.165) is 48.9 Å². The minimum atomic E-state index is -0.0445. The molecule has 2 aliphatic rings. The van der Waals surface area contributed by atoms with Gasteiger partial charge in [-0.2, -0.15) is 0 Å². The zero-order valence-corrected chi connectivity index (χ0v) is 15.8. The Morgan fingerprint density at radius 2 is 1.91 bits per heavy atom. The molecule has 1 atom stereocenters. The van der Waals surface area contributed by atoms with Crippen LogP contribution in [-0.2, 0) is 4.79 Å². The van der Waals surface area contributed by atoms with Gasteiger partial charge in [-0.1, -0.05) is 11.6 Å². The second-order valence-corrected chi connectivity index (χ2v) is 8.32. The van der Waals surface area contributed by atoms with E-state index in [4.69, 9.17) is 11.6 Å². The summed E-state index contributed by atoms with van der Waals surface area (Å²) in [6.07, 6.45) is 3.55. The Morgan fingerprint density at radius 1 is 1.26 bits per heavy atom. The van der Waals surface area contributed by atoms with E-state index in [1.54, 1.807) is 11.8 Å². The summed E-state index contributed by atoms with van der Waals surface area (Å²) in [5.41, 5.74) is 0.462. The van der Waals surface area contributed by atoms with E-state index in [2.05, 4.69) is 10.2 Å². The molecule has 0 aromatic heterocycles. The SMILES string of the molecule is CC(Sc1ccc(Cl)cc1)C(=O)N1CCC2(CCNC2)CC1.Cl. The van der Waals surface area contributed by atoms with Crippen molar-refractivity contribution in [1.29, 1.82) is 0 Å². The molecule has 1 unspecified atom stereocenters. The van der Waals surface area contributed by atoms with Gasteiger partial charge in [0.2, 0.25) is 5.91 Å². The summed E-state index contributed by atoms with van der Waals surface area (Å²) in [5, 5.41) is 4.16. The first kappa shape index (κ1) is 18.9. The van der Waals surface area contributed by atoms with Gasteiger partial charge in [0.15, 0.2) is 0 Å². The molecular formula is C17H24Cl2N2OS. The molecule has 6 heteroatoms. The average Bonchev–Trinajstić information content (AvgIpc) is 2.98. The quantitative estimate of drug-likeness (QED) is 0.815. The molecule has 1 aromatic rings. The van der Waals surface area contributed by atoms with E-state index in [0.29, 0.717) is 5.41 Å². The summed E-state index contributed by atoms with van der Waals surface area (Å²) in [5.74, 6) is 0.265. The molecule has 2 fully saturated rings. The number of carbonyl (C=O) groups is 1. The molecule has 2 aliphatic heterocycles. The number of amides is 1. The summed E-state index contributed by atoms with van der Waals surface area (Å²) >= 11 is 7.52. The van der Waals surface area contributed by atoms with E-state index >= 15 is 0 Å². The summed E-state index contributed by atoms with van der Waals surface area (Å²) in [6.45, 7) is 6.09. The Hall–Kier alpha value is -0.420. The van der Waals surface area contributed by atoms with E-state index in [9.17, 15) is 4.79 Å². The van der Waals surface area contributed by atoms with E-state index in [1.807, 2.05) is 31.2 Å². The lowest BCUT2D eigenvalue weighted by atomic mass is 9.78. The highest BCUT2D eigenvalue weighted by atomic mass is 35.5. The normalized spacial score (nSPS) is 21.0. The number of piperidine rings is 1. The molecule has 0 bridgehead atoms. The van der Waals surface area contributed by atoms with Crippen molar-refractivity contribution in [2.75, 3.05) is 26.2 Å². The lowest BCUT2D eigenvalue weighted by molar-refractivity contribution is -0.132. The highest BCUT2D eigenvalue weighted by molar-refractivity contribution is 8.00. The summed E-state index contributed by atoms with van der Waals surface area (Å²) in [6, 6.07) is 7.70. The van der Waals surface area contributed by atoms with Crippen LogP contribution in [0.3, 0.4) is 0 Å². The molecule has 23 heavy (non-hydrogen) atoms. The van der Waals surface area contributed by atoms with Gasteiger partial charge in [0.1, 0.15) is 0 Å². The van der Waals surface area contributed by atoms with Gasteiger partial charge in [0.25, 0.3) is 0 Å². The van der Waals surface area contributed by atoms with Crippen LogP contribution < -0.4 is 5.32 Å². The van der Waals surface area contributed by atoms with Crippen molar-refractivity contribution in [2.24, 2.45) is 5.41 Å². The second kappa shape index (κ2) is 8.11. The van der Waals surface area contributed by atoms with Crippen LogP contribution >= 0.6 is 35.8 Å². The zero-order valence-electron chi connectivity index (χ0n) is 13.4. The summed E-state index contributed by atoms with van der Waals surface area (Å²) < 4.78 is 0. The first-order valence-corrected chi connectivity index (χ1v) is 9.26. The summed E-state index contributed by atoms with van der Waals surface area (Å²) in [7, 11) is 0. The van der Waals surface area contributed by atoms with Crippen molar-refractivity contribution in [2.45, 2.75) is 36.3 Å². The fourth-order valence-corrected chi connectivity index (χ4v) is 4.53. The van der Waals surface area contributed by atoms with Crippen LogP contribution in [-0.4, -0.2) is 42.2 Å². The van der Waals surface area contributed by atoms with Crippen molar-refractivity contribution < 1.29 is 4.79 Å². The molecule has 2 heterocycles. The third-order valence-electron chi connectivity index (χ3n) is 4.94. The lowest BCUT2D eigenvalue weighted by Gasteiger charge is -2.39. The van der Waals surface area contributed by atoms with Crippen LogP contribution in [0, 0.1) is 5.41 Å². The third-order valence-corrected chi connectivity index (χ3v) is 6.29. The molecule has 2 saturated heterocycles. The molecule has 3 nitrogen and oxygen atoms in total. The van der Waals surface area contributed by atoms with Gasteiger partial charge in [0, 0.05) is 29.6 Å². The van der Waals surface area contributed by atoms with Gasteiger partial charge in [-0.3, -0.25) is 4.79 Å². The maximum atomic E-state index is 12.6. The molecule has 0 saturated carbocycles. The number of hydrogen-bond donors (Lipinski definition) is 1. The van der Waals surface area contributed by atoms with Gasteiger partial charge in [-0.15, -0.1) is 24.2 Å². The van der Waals surface area contributed by atoms with Crippen LogP contribution in [0.15, 0.2) is 29.2 Å². The highest BCUT2D eigenvalue weighted by Crippen LogP contribution is 2.37. The fourth-order valence-electron chi connectivity index (χ4n) is 3.45. The van der Waals surface area contributed by atoms with Crippen LogP contribution in [0.5, 0.6) is 0 Å². The molecule has 1 aromatic carbocycles. The summed E-state index contributed by atoms with van der Waals surface area (Å²) in [4.78, 5) is 15.8. The van der Waals surface area contributed by atoms with Crippen LogP contribution in [0.4, 0.5) is 0 Å². The minimum absolute atomic E-state index is 0. The molecule has 1 spiro atoms. The monoisotopic (exact) mass is 374 g/mol. The molecule has 128 valence electrons. The number of benzene rings is 1. The number of carbonyl (C=O) groups excluding carboxylic acids is 1. The molecule has 0 aliphatic carbocycles. The van der Waals surface area contributed by atoms with E-state index in [1.165, 1.54) is 6.42 Å². The van der Waals surface area contributed by atoms with E-state index in [-0.39, 0.29) is 23.6 Å². The minimum Gasteiger partial charge on any atom is -0.342 e. The molecule has 0 radical (unpaired) electrons. The Morgan fingerprint density at radius 3 is 2.48 bits per heavy atom. The Kier molecular flexibility index (Phi) is 6.66. The predicted molar refractivity (Wildman–Crippen MR) is 99.8 cm³/mol. The Labute approximate surface area is 153 Å². The first-order chi connectivity index (χ1) is 10.6. The molecular weight excluding hydrogens is 351 g/mol. The van der Waals surface area contributed by atoms with Crippen molar-refractivity contribution in [3.63, 3.8) is 0 Å². The smallest absolute Gasteiger partial charge is 0.235 e. The molecule has 1 amide bonds. The van der Waals surface area contributed by atoms with Gasteiger partial charge >= 0.3 is 0 Å². The van der Waals surface area contributed by atoms with Gasteiger partial charge in [0.05, 0.1) is 5.25 Å². The topological polar surface area (TPSA) is 32.3 Å². The third kappa shape index (κ3) is 4.56. The number of halogens is 2. The Balaban J connectivity index is 0.00000192. The maximum absolute atomic E-state index is 12.6. The number of nitrogens with one attached hydrogen (secondary N) is 1. The van der Waals surface area contributed by atoms with Crippen LogP contribution in [0.1, 0.15) is 26.2 Å². The molecule has 1 N–H and O–H groups in total. The van der Waals surface area contributed by atoms with Gasteiger partial charge in [-0.05, 0) is 62.4 Å². The predicted octanol–water partition coefficient (Wildman–Crippen LogP) is 3.84. The van der Waals surface area contributed by atoms with Gasteiger partial charge < -0.3 is 10.2 Å². The van der Waals surface area contributed by atoms with E-state index < -0.39 is 0 Å². The number of rotatable bonds is 3. The highest BCUT2D eigenvalue weighted by Gasteiger charge is 2.38. The van der Waals surface area contributed by atoms with Crippen LogP contribution in [0.25, 0.3) is 0 Å². The number of thioether (sulfide) groups is 1. The second-order valence-electron chi connectivity index (χ2n) is 6.47. The van der Waals surface area contributed by atoms with Crippen LogP contribution in [0.2, 0.25) is 5.02 Å². The fraction of sp³-hybridized carbons (Fsp3) is 0.588. The number of hydrogen-bond acceptors (Lipinski definition) is 3. The zero-order chi connectivity index (χ0) is 15.6. The van der Waals surface area contributed by atoms with Crippen molar-refractivity contribution in [3.8, 4) is 0 Å². The standard InChI is InChI=1S/C17H23ClN2OS.ClH/c1-13(22-15-4-2-14(18)3-5-15)16(21)20-10-7-17(8-11-20)6-9-19-12-17;/h2-5,13,19H,6-12H2,1H3;1H. The first-order valence-electron chi connectivity index (χ1n) is 8.00. The van der Waals surface area contributed by atoms with Crippen molar-refractivity contribution >= 4 is 41.7 Å².